The van der Waals surface area contributed by atoms with Gasteiger partial charge in [0.05, 0.1) is 0 Å². The average molecular weight is 394 g/mol. The minimum Gasteiger partial charge on any atom is -0.361 e. The van der Waals surface area contributed by atoms with Gasteiger partial charge in [0.2, 0.25) is 5.95 Å². The summed E-state index contributed by atoms with van der Waals surface area (Å²) in [6.07, 6.45) is 4.78. The molecule has 0 spiro atoms. The Bertz CT molecular complexity index is 1290. The van der Waals surface area contributed by atoms with Gasteiger partial charge in [0, 0.05) is 44.3 Å². The van der Waals surface area contributed by atoms with Crippen molar-refractivity contribution in [2.75, 3.05) is 11.9 Å². The molecule has 1 aromatic carbocycles. The highest BCUT2D eigenvalue weighted by Gasteiger charge is 2.18. The van der Waals surface area contributed by atoms with Crippen molar-refractivity contribution in [2.24, 2.45) is 14.1 Å². The molecule has 0 atom stereocenters. The third-order valence-electron chi connectivity index (χ3n) is 5.44. The Hall–Kier alpha value is -3.29. The second-order valence-corrected chi connectivity index (χ2v) is 7.35. The summed E-state index contributed by atoms with van der Waals surface area (Å²) in [4.78, 5) is 32.9. The number of fused-ring (bicyclic) bond motifs is 2. The first-order valence-corrected chi connectivity index (χ1v) is 9.98. The van der Waals surface area contributed by atoms with Crippen LogP contribution in [0.4, 0.5) is 5.95 Å². The Morgan fingerprint density at radius 1 is 1.14 bits per heavy atom. The predicted molar refractivity (Wildman–Crippen MR) is 116 cm³/mol. The van der Waals surface area contributed by atoms with Gasteiger partial charge >= 0.3 is 5.69 Å². The Morgan fingerprint density at radius 2 is 1.93 bits per heavy atom. The standard InChI is InChI=1S/C21H26N6O2/c1-4-5-12-27-17-18(25(2)21(29)26(3)19(17)28)24-20(27)22-11-10-14-13-23-16-9-7-6-8-15(14)16/h6-9,13,23H,4-5,10-12H2,1-3H3,(H,22,24). The predicted octanol–water partition coefficient (Wildman–Crippen LogP) is 2.37. The van der Waals surface area contributed by atoms with Gasteiger partial charge in [-0.25, -0.2) is 4.79 Å². The number of para-hydroxylation sites is 1. The normalized spacial score (nSPS) is 11.6. The molecule has 0 fully saturated rings. The number of H-pyrrole nitrogens is 1. The fraction of sp³-hybridized carbons (Fsp3) is 0.381. The number of hydrogen-bond acceptors (Lipinski definition) is 4. The maximum atomic E-state index is 12.8. The Kier molecular flexibility index (Phi) is 5.00. The van der Waals surface area contributed by atoms with E-state index in [-0.39, 0.29) is 11.2 Å². The molecule has 2 N–H and O–H groups in total. The molecular formula is C21H26N6O2. The van der Waals surface area contributed by atoms with Crippen molar-refractivity contribution in [2.45, 2.75) is 32.7 Å². The third kappa shape index (κ3) is 3.24. The summed E-state index contributed by atoms with van der Waals surface area (Å²) in [7, 11) is 3.16. The van der Waals surface area contributed by atoms with Crippen LogP contribution in [0.15, 0.2) is 40.1 Å². The minimum absolute atomic E-state index is 0.309. The highest BCUT2D eigenvalue weighted by Crippen LogP contribution is 2.20. The van der Waals surface area contributed by atoms with E-state index >= 15 is 0 Å². The number of aryl methyl sites for hydroxylation is 2. The third-order valence-corrected chi connectivity index (χ3v) is 5.44. The molecule has 0 saturated carbocycles. The maximum absolute atomic E-state index is 12.8. The zero-order valence-corrected chi connectivity index (χ0v) is 17.0. The number of nitrogens with one attached hydrogen (secondary N) is 2. The molecular weight excluding hydrogens is 368 g/mol. The van der Waals surface area contributed by atoms with Crippen LogP contribution >= 0.6 is 0 Å². The Labute approximate surface area is 167 Å². The summed E-state index contributed by atoms with van der Waals surface area (Å²) in [6.45, 7) is 3.46. The van der Waals surface area contributed by atoms with Crippen molar-refractivity contribution < 1.29 is 0 Å². The van der Waals surface area contributed by atoms with Crippen LogP contribution < -0.4 is 16.6 Å². The SMILES string of the molecule is CCCCn1c(NCCc2c[nH]c3ccccc23)nc2c1c(=O)n(C)c(=O)n2C. The number of nitrogens with zero attached hydrogens (tertiary/aromatic N) is 4. The van der Waals surface area contributed by atoms with Gasteiger partial charge in [-0.15, -0.1) is 0 Å². The second-order valence-electron chi connectivity index (χ2n) is 7.35. The minimum atomic E-state index is -0.368. The van der Waals surface area contributed by atoms with Gasteiger partial charge < -0.3 is 14.9 Å². The lowest BCUT2D eigenvalue weighted by Crippen LogP contribution is -2.37. The summed E-state index contributed by atoms with van der Waals surface area (Å²) in [5.74, 6) is 0.631. The number of aromatic amines is 1. The van der Waals surface area contributed by atoms with Crippen molar-refractivity contribution >= 4 is 28.0 Å². The summed E-state index contributed by atoms with van der Waals surface area (Å²) in [5, 5.41) is 4.60. The van der Waals surface area contributed by atoms with Crippen molar-refractivity contribution in [3.05, 3.63) is 56.9 Å². The highest BCUT2D eigenvalue weighted by atomic mass is 16.2. The molecule has 0 saturated heterocycles. The van der Waals surface area contributed by atoms with Gasteiger partial charge in [0.25, 0.3) is 5.56 Å². The van der Waals surface area contributed by atoms with Crippen LogP contribution in [0.25, 0.3) is 22.1 Å². The van der Waals surface area contributed by atoms with Crippen LogP contribution in [-0.4, -0.2) is 30.2 Å². The molecule has 0 aliphatic carbocycles. The lowest BCUT2D eigenvalue weighted by Gasteiger charge is -2.10. The van der Waals surface area contributed by atoms with Crippen LogP contribution in [0, 0.1) is 0 Å². The van der Waals surface area contributed by atoms with E-state index in [0.717, 1.165) is 29.3 Å². The number of imidazole rings is 1. The molecule has 29 heavy (non-hydrogen) atoms. The molecule has 3 aromatic heterocycles. The van der Waals surface area contributed by atoms with Crippen LogP contribution in [0.5, 0.6) is 0 Å². The largest absolute Gasteiger partial charge is 0.361 e. The van der Waals surface area contributed by atoms with Gasteiger partial charge in [0.1, 0.15) is 0 Å². The van der Waals surface area contributed by atoms with E-state index in [1.54, 1.807) is 7.05 Å². The molecule has 0 aliphatic rings. The smallest absolute Gasteiger partial charge is 0.332 e. The maximum Gasteiger partial charge on any atom is 0.332 e. The lowest BCUT2D eigenvalue weighted by atomic mass is 10.1. The molecule has 0 amide bonds. The van der Waals surface area contributed by atoms with Crippen molar-refractivity contribution in [3.8, 4) is 0 Å². The fourth-order valence-corrected chi connectivity index (χ4v) is 3.76. The Morgan fingerprint density at radius 3 is 2.72 bits per heavy atom. The van der Waals surface area contributed by atoms with E-state index in [4.69, 9.17) is 0 Å². The van der Waals surface area contributed by atoms with E-state index in [1.165, 1.54) is 22.6 Å². The molecule has 0 unspecified atom stereocenters. The summed E-state index contributed by atoms with van der Waals surface area (Å²) < 4.78 is 4.49. The van der Waals surface area contributed by atoms with Crippen LogP contribution in [-0.2, 0) is 27.1 Å². The molecule has 0 radical (unpaired) electrons. The number of benzene rings is 1. The summed E-state index contributed by atoms with van der Waals surface area (Å²) >= 11 is 0. The summed E-state index contributed by atoms with van der Waals surface area (Å²) in [5.41, 5.74) is 2.56. The highest BCUT2D eigenvalue weighted by molar-refractivity contribution is 5.83. The van der Waals surface area contributed by atoms with Crippen molar-refractivity contribution in [1.82, 2.24) is 23.7 Å². The summed E-state index contributed by atoms with van der Waals surface area (Å²) in [6, 6.07) is 8.22. The van der Waals surface area contributed by atoms with E-state index in [1.807, 2.05) is 22.9 Å². The monoisotopic (exact) mass is 394 g/mol. The van der Waals surface area contributed by atoms with Crippen LogP contribution in [0.3, 0.4) is 0 Å². The average Bonchev–Trinajstić information content (AvgIpc) is 3.31. The van der Waals surface area contributed by atoms with Gasteiger partial charge in [-0.05, 0) is 24.5 Å². The molecule has 4 aromatic rings. The molecule has 152 valence electrons. The van der Waals surface area contributed by atoms with E-state index in [2.05, 4.69) is 34.3 Å². The topological polar surface area (TPSA) is 89.6 Å². The van der Waals surface area contributed by atoms with Gasteiger partial charge in [0.15, 0.2) is 11.2 Å². The van der Waals surface area contributed by atoms with Crippen molar-refractivity contribution in [3.63, 3.8) is 0 Å². The number of rotatable bonds is 7. The first-order valence-electron chi connectivity index (χ1n) is 9.98. The molecule has 0 aliphatic heterocycles. The van der Waals surface area contributed by atoms with E-state index in [9.17, 15) is 9.59 Å². The Balaban J connectivity index is 1.67. The van der Waals surface area contributed by atoms with Crippen molar-refractivity contribution in [1.29, 1.82) is 0 Å². The fourth-order valence-electron chi connectivity index (χ4n) is 3.76. The quantitative estimate of drug-likeness (QED) is 0.504. The van der Waals surface area contributed by atoms with Crippen LogP contribution in [0.1, 0.15) is 25.3 Å². The second kappa shape index (κ2) is 7.62. The molecule has 8 heteroatoms. The molecule has 0 bridgehead atoms. The number of aromatic nitrogens is 5. The number of anilines is 1. The zero-order valence-electron chi connectivity index (χ0n) is 17.0. The lowest BCUT2D eigenvalue weighted by molar-refractivity contribution is 0.641. The van der Waals surface area contributed by atoms with E-state index in [0.29, 0.717) is 30.2 Å². The van der Waals surface area contributed by atoms with Gasteiger partial charge in [-0.1, -0.05) is 31.5 Å². The zero-order chi connectivity index (χ0) is 20.5. The molecule has 3 heterocycles. The van der Waals surface area contributed by atoms with Crippen LogP contribution in [0.2, 0.25) is 0 Å². The molecule has 8 nitrogen and oxygen atoms in total. The first-order chi connectivity index (χ1) is 14.0. The number of unbranched alkanes of at least 4 members (excludes halogenated alkanes) is 1. The first kappa shape index (κ1) is 19.0. The molecule has 4 rings (SSSR count). The number of hydrogen-bond donors (Lipinski definition) is 2. The van der Waals surface area contributed by atoms with E-state index < -0.39 is 0 Å². The van der Waals surface area contributed by atoms with Gasteiger partial charge in [-0.2, -0.15) is 4.98 Å². The van der Waals surface area contributed by atoms with Gasteiger partial charge in [-0.3, -0.25) is 13.9 Å².